The van der Waals surface area contributed by atoms with Crippen molar-refractivity contribution in [3.63, 3.8) is 0 Å². The molecule has 0 radical (unpaired) electrons. The van der Waals surface area contributed by atoms with E-state index < -0.39 is 0 Å². The number of aromatic nitrogens is 3. The van der Waals surface area contributed by atoms with Gasteiger partial charge in [-0.2, -0.15) is 0 Å². The lowest BCUT2D eigenvalue weighted by Gasteiger charge is -1.99. The summed E-state index contributed by atoms with van der Waals surface area (Å²) in [7, 11) is 0. The number of pyridine rings is 1. The van der Waals surface area contributed by atoms with Gasteiger partial charge in [0.1, 0.15) is 12.1 Å². The average Bonchev–Trinajstić information content (AvgIpc) is 2.67. The van der Waals surface area contributed by atoms with E-state index in [2.05, 4.69) is 25.9 Å². The van der Waals surface area contributed by atoms with Gasteiger partial charge in [0.2, 0.25) is 0 Å². The smallest absolute Gasteiger partial charge is 0.137 e. The van der Waals surface area contributed by atoms with Crippen molar-refractivity contribution in [1.29, 1.82) is 0 Å². The summed E-state index contributed by atoms with van der Waals surface area (Å²) in [5.74, 6) is 0.814. The number of halogens is 2. The molecular weight excluding hydrogens is 265 g/mol. The van der Waals surface area contributed by atoms with Crippen molar-refractivity contribution in [2.24, 2.45) is 0 Å². The predicted molar refractivity (Wildman–Crippen MR) is 59.0 cm³/mol. The van der Waals surface area contributed by atoms with Gasteiger partial charge in [-0.25, -0.2) is 9.97 Å². The largest absolute Gasteiger partial charge is 0.290 e. The molecule has 0 saturated heterocycles. The Morgan fingerprint density at radius 1 is 1.36 bits per heavy atom. The van der Waals surface area contributed by atoms with Crippen LogP contribution in [0.15, 0.2) is 30.9 Å². The van der Waals surface area contributed by atoms with E-state index in [0.29, 0.717) is 5.02 Å². The molecule has 0 spiro atoms. The molecule has 3 nitrogen and oxygen atoms in total. The molecule has 2 aromatic rings. The Labute approximate surface area is 94.9 Å². The zero-order valence-corrected chi connectivity index (χ0v) is 9.53. The predicted octanol–water partition coefficient (Wildman–Crippen LogP) is 2.82. The molecule has 14 heavy (non-hydrogen) atoms. The van der Waals surface area contributed by atoms with E-state index in [-0.39, 0.29) is 0 Å². The number of imidazole rings is 1. The summed E-state index contributed by atoms with van der Waals surface area (Å²) in [5.41, 5.74) is 0.974. The second-order valence-corrected chi connectivity index (χ2v) is 3.74. The molecule has 0 bridgehead atoms. The van der Waals surface area contributed by atoms with Crippen molar-refractivity contribution < 1.29 is 0 Å². The Morgan fingerprint density at radius 3 is 2.79 bits per heavy atom. The van der Waals surface area contributed by atoms with Gasteiger partial charge in [0.05, 0.1) is 10.7 Å². The minimum atomic E-state index is 0.634. The molecule has 2 aromatic heterocycles. The van der Waals surface area contributed by atoms with Crippen LogP contribution in [0.2, 0.25) is 5.02 Å². The first-order valence-electron chi connectivity index (χ1n) is 4.00. The maximum atomic E-state index is 5.74. The number of alkyl halides is 1. The minimum absolute atomic E-state index is 0.634. The number of hydrogen-bond donors (Lipinski definition) is 0. The summed E-state index contributed by atoms with van der Waals surface area (Å²) in [6.07, 6.45) is 5.27. The fraction of sp³-hybridized carbons (Fsp3) is 0.111. The van der Waals surface area contributed by atoms with Gasteiger partial charge >= 0.3 is 0 Å². The zero-order valence-electron chi connectivity index (χ0n) is 7.19. The van der Waals surface area contributed by atoms with E-state index >= 15 is 0 Å². The van der Waals surface area contributed by atoms with E-state index in [1.165, 1.54) is 0 Å². The lowest BCUT2D eigenvalue weighted by atomic mass is 10.4. The van der Waals surface area contributed by atoms with Crippen molar-refractivity contribution in [2.45, 2.75) is 5.33 Å². The molecule has 2 rings (SSSR count). The highest BCUT2D eigenvalue weighted by molar-refractivity contribution is 9.08. The average molecular weight is 273 g/mol. The van der Waals surface area contributed by atoms with Gasteiger partial charge in [-0.1, -0.05) is 27.5 Å². The summed E-state index contributed by atoms with van der Waals surface area (Å²) >= 11 is 9.07. The summed E-state index contributed by atoms with van der Waals surface area (Å²) < 4.78 is 1.85. The lowest BCUT2D eigenvalue weighted by molar-refractivity contribution is 0.993. The quantitative estimate of drug-likeness (QED) is 0.787. The van der Waals surface area contributed by atoms with Crippen LogP contribution in [0.1, 0.15) is 5.69 Å². The van der Waals surface area contributed by atoms with Crippen molar-refractivity contribution in [3.8, 4) is 5.82 Å². The first-order chi connectivity index (χ1) is 6.79. The van der Waals surface area contributed by atoms with Crippen LogP contribution in [-0.2, 0) is 5.33 Å². The highest BCUT2D eigenvalue weighted by Crippen LogP contribution is 2.11. The van der Waals surface area contributed by atoms with Crippen molar-refractivity contribution in [1.82, 2.24) is 14.5 Å². The van der Waals surface area contributed by atoms with E-state index in [4.69, 9.17) is 11.6 Å². The standard InChI is InChI=1S/C9H7BrClN3/c10-3-8-5-14(6-13-8)9-2-1-7(11)4-12-9/h1-2,4-6H,3H2. The number of rotatable bonds is 2. The van der Waals surface area contributed by atoms with E-state index in [9.17, 15) is 0 Å². The molecular formula is C9H7BrClN3. The van der Waals surface area contributed by atoms with Gasteiger partial charge in [-0.15, -0.1) is 0 Å². The second kappa shape index (κ2) is 4.11. The zero-order chi connectivity index (χ0) is 9.97. The Hall–Kier alpha value is -0.870. The lowest BCUT2D eigenvalue weighted by Crippen LogP contribution is -1.92. The summed E-state index contributed by atoms with van der Waals surface area (Å²) in [5, 5.41) is 1.38. The molecule has 0 aromatic carbocycles. The van der Waals surface area contributed by atoms with Gasteiger partial charge in [0.15, 0.2) is 0 Å². The maximum Gasteiger partial charge on any atom is 0.137 e. The van der Waals surface area contributed by atoms with Gasteiger partial charge in [-0.05, 0) is 12.1 Å². The maximum absolute atomic E-state index is 5.74. The highest BCUT2D eigenvalue weighted by atomic mass is 79.9. The van der Waals surface area contributed by atoms with Crippen LogP contribution in [0.4, 0.5) is 0 Å². The van der Waals surface area contributed by atoms with Crippen molar-refractivity contribution in [3.05, 3.63) is 41.6 Å². The summed E-state index contributed by atoms with van der Waals surface area (Å²) in [4.78, 5) is 8.35. The fourth-order valence-electron chi connectivity index (χ4n) is 1.08. The molecule has 0 aliphatic carbocycles. The Morgan fingerprint density at radius 2 is 2.21 bits per heavy atom. The molecule has 0 atom stereocenters. The Balaban J connectivity index is 2.34. The van der Waals surface area contributed by atoms with Gasteiger partial charge in [-0.3, -0.25) is 4.57 Å². The van der Waals surface area contributed by atoms with Gasteiger partial charge < -0.3 is 0 Å². The third-order valence-corrected chi connectivity index (χ3v) is 2.55. The molecule has 72 valence electrons. The number of nitrogens with zero attached hydrogens (tertiary/aromatic N) is 3. The summed E-state index contributed by atoms with van der Waals surface area (Å²) in [6, 6.07) is 3.65. The second-order valence-electron chi connectivity index (χ2n) is 2.74. The van der Waals surface area contributed by atoms with Crippen LogP contribution >= 0.6 is 27.5 Å². The van der Waals surface area contributed by atoms with Crippen LogP contribution in [0.5, 0.6) is 0 Å². The third-order valence-electron chi connectivity index (χ3n) is 1.75. The molecule has 0 aliphatic rings. The first-order valence-corrected chi connectivity index (χ1v) is 5.50. The van der Waals surface area contributed by atoms with Crippen LogP contribution in [0.25, 0.3) is 5.82 Å². The minimum Gasteiger partial charge on any atom is -0.290 e. The summed E-state index contributed by atoms with van der Waals surface area (Å²) in [6.45, 7) is 0. The molecule has 0 saturated carbocycles. The first kappa shape index (κ1) is 9.68. The van der Waals surface area contributed by atoms with E-state index in [0.717, 1.165) is 16.8 Å². The fourth-order valence-corrected chi connectivity index (χ4v) is 1.48. The van der Waals surface area contributed by atoms with Crippen LogP contribution < -0.4 is 0 Å². The molecule has 2 heterocycles. The normalized spacial score (nSPS) is 10.4. The van der Waals surface area contributed by atoms with Crippen LogP contribution in [0, 0.1) is 0 Å². The van der Waals surface area contributed by atoms with Crippen LogP contribution in [0.3, 0.4) is 0 Å². The van der Waals surface area contributed by atoms with Crippen molar-refractivity contribution in [2.75, 3.05) is 0 Å². The van der Waals surface area contributed by atoms with E-state index in [1.54, 1.807) is 18.6 Å². The third kappa shape index (κ3) is 1.96. The Kier molecular flexibility index (Phi) is 2.84. The molecule has 0 fully saturated rings. The van der Waals surface area contributed by atoms with Crippen LogP contribution in [-0.4, -0.2) is 14.5 Å². The van der Waals surface area contributed by atoms with Gasteiger partial charge in [0.25, 0.3) is 0 Å². The molecule has 0 unspecified atom stereocenters. The monoisotopic (exact) mass is 271 g/mol. The molecule has 0 amide bonds. The number of hydrogen-bond acceptors (Lipinski definition) is 2. The van der Waals surface area contributed by atoms with E-state index in [1.807, 2.05) is 16.8 Å². The Bertz CT molecular complexity index is 424. The highest BCUT2D eigenvalue weighted by Gasteiger charge is 2.00. The van der Waals surface area contributed by atoms with Gasteiger partial charge in [0, 0.05) is 17.7 Å². The molecule has 0 N–H and O–H groups in total. The van der Waals surface area contributed by atoms with Crippen molar-refractivity contribution >= 4 is 27.5 Å². The molecule has 5 heteroatoms. The SMILES string of the molecule is Clc1ccc(-n2cnc(CBr)c2)nc1. The topological polar surface area (TPSA) is 30.7 Å². The molecule has 0 aliphatic heterocycles.